The van der Waals surface area contributed by atoms with Crippen LogP contribution in [0.5, 0.6) is 5.75 Å². The van der Waals surface area contributed by atoms with E-state index in [0.717, 1.165) is 29.3 Å². The number of amides is 1. The average Bonchev–Trinajstić information content (AvgIpc) is 3.25. The number of aliphatic hydroxyl groups excluding tert-OH is 1. The molecule has 1 aliphatic rings. The minimum Gasteiger partial charge on any atom is -0.483 e. The molecule has 0 saturated carbocycles. The van der Waals surface area contributed by atoms with Gasteiger partial charge >= 0.3 is 0 Å². The molecule has 10 heteroatoms. The lowest BCUT2D eigenvalue weighted by molar-refractivity contribution is -0.134. The summed E-state index contributed by atoms with van der Waals surface area (Å²) in [5.41, 5.74) is 2.10. The van der Waals surface area contributed by atoms with Crippen molar-refractivity contribution in [1.82, 2.24) is 14.8 Å². The number of hydrogen-bond donors (Lipinski definition) is 2. The largest absolute Gasteiger partial charge is 0.483 e. The van der Waals surface area contributed by atoms with Gasteiger partial charge in [0.1, 0.15) is 5.75 Å². The predicted octanol–water partition coefficient (Wildman–Crippen LogP) is 2.25. The molecule has 1 fully saturated rings. The maximum absolute atomic E-state index is 13.2. The summed E-state index contributed by atoms with van der Waals surface area (Å²) in [6, 6.07) is 15.9. The van der Waals surface area contributed by atoms with Crippen LogP contribution in [0.3, 0.4) is 0 Å². The van der Waals surface area contributed by atoms with Crippen LogP contribution >= 0.6 is 0 Å². The third-order valence-corrected chi connectivity index (χ3v) is 6.70. The van der Waals surface area contributed by atoms with Gasteiger partial charge < -0.3 is 14.7 Å². The Bertz CT molecular complexity index is 1280. The summed E-state index contributed by atoms with van der Waals surface area (Å²) in [6.45, 7) is 1.69. The van der Waals surface area contributed by atoms with E-state index in [9.17, 15) is 18.3 Å². The Hall–Kier alpha value is -3.21. The second-order valence-corrected chi connectivity index (χ2v) is 10.6. The molecule has 4 rings (SSSR count). The van der Waals surface area contributed by atoms with Gasteiger partial charge in [-0.2, -0.15) is 0 Å². The van der Waals surface area contributed by atoms with Crippen LogP contribution in [-0.4, -0.2) is 79.9 Å². The smallest absolute Gasteiger partial charge is 0.260 e. The van der Waals surface area contributed by atoms with Crippen molar-refractivity contribution in [1.29, 1.82) is 0 Å². The fourth-order valence-corrected chi connectivity index (χ4v) is 4.84. The highest BCUT2D eigenvalue weighted by molar-refractivity contribution is 7.92. The van der Waals surface area contributed by atoms with Gasteiger partial charge in [0.25, 0.3) is 5.91 Å². The normalized spacial score (nSPS) is 17.3. The molecule has 186 valence electrons. The average molecular weight is 499 g/mol. The first-order valence-electron chi connectivity index (χ1n) is 11.4. The van der Waals surface area contributed by atoms with Crippen molar-refractivity contribution in [2.24, 2.45) is 0 Å². The molecule has 1 amide bonds. The van der Waals surface area contributed by atoms with Crippen LogP contribution in [-0.2, 0) is 14.8 Å². The number of carbonyl (C=O) groups excluding carboxylic acids is 1. The number of pyridine rings is 1. The van der Waals surface area contributed by atoms with Crippen LogP contribution in [0.15, 0.2) is 60.8 Å². The van der Waals surface area contributed by atoms with Crippen LogP contribution in [0.25, 0.3) is 10.9 Å². The van der Waals surface area contributed by atoms with Crippen molar-refractivity contribution in [2.45, 2.75) is 18.6 Å². The third-order valence-electron chi connectivity index (χ3n) is 6.10. The monoisotopic (exact) mass is 498 g/mol. The van der Waals surface area contributed by atoms with Crippen molar-refractivity contribution in [3.63, 3.8) is 0 Å². The summed E-state index contributed by atoms with van der Waals surface area (Å²) in [6.07, 6.45) is 3.13. The zero-order chi connectivity index (χ0) is 25.0. The molecular weight excluding hydrogens is 468 g/mol. The van der Waals surface area contributed by atoms with Crippen LogP contribution in [0.1, 0.15) is 18.0 Å². The Morgan fingerprint density at radius 2 is 2.00 bits per heavy atom. The molecule has 0 radical (unpaired) electrons. The van der Waals surface area contributed by atoms with Crippen molar-refractivity contribution >= 4 is 32.5 Å². The number of ether oxygens (including phenoxy) is 1. The molecule has 1 aliphatic heterocycles. The van der Waals surface area contributed by atoms with E-state index < -0.39 is 10.0 Å². The summed E-state index contributed by atoms with van der Waals surface area (Å²) >= 11 is 0. The zero-order valence-electron chi connectivity index (χ0n) is 19.8. The van der Waals surface area contributed by atoms with Gasteiger partial charge in [0.15, 0.2) is 6.61 Å². The minimum absolute atomic E-state index is 0.142. The Labute approximate surface area is 205 Å². The number of aromatic nitrogens is 1. The van der Waals surface area contributed by atoms with Crippen molar-refractivity contribution < 1.29 is 23.1 Å². The molecule has 0 spiro atoms. The highest BCUT2D eigenvalue weighted by Crippen LogP contribution is 2.27. The fraction of sp³-hybridized carbons (Fsp3) is 0.360. The molecule has 9 nitrogen and oxygen atoms in total. The number of carbonyl (C=O) groups is 1. The van der Waals surface area contributed by atoms with E-state index in [1.54, 1.807) is 30.3 Å². The van der Waals surface area contributed by atoms with Gasteiger partial charge in [0.05, 0.1) is 23.9 Å². The predicted molar refractivity (Wildman–Crippen MR) is 135 cm³/mol. The summed E-state index contributed by atoms with van der Waals surface area (Å²) in [5.74, 6) is 0.391. The number of aliphatic hydroxyl groups is 1. The van der Waals surface area contributed by atoms with E-state index in [0.29, 0.717) is 30.9 Å². The number of nitrogens with zero attached hydrogens (tertiary/aromatic N) is 3. The topological polar surface area (TPSA) is 112 Å². The number of benzene rings is 2. The van der Waals surface area contributed by atoms with Crippen molar-refractivity contribution in [3.8, 4) is 5.75 Å². The first-order chi connectivity index (χ1) is 16.7. The number of hydrogen-bond acceptors (Lipinski definition) is 7. The quantitative estimate of drug-likeness (QED) is 0.465. The molecule has 2 N–H and O–H groups in total. The lowest BCUT2D eigenvalue weighted by Gasteiger charge is -2.32. The number of likely N-dealkylation sites (N-methyl/N-ethyl adjacent to an activating group) is 1. The Kier molecular flexibility index (Phi) is 7.54. The Morgan fingerprint density at radius 3 is 2.69 bits per heavy atom. The summed E-state index contributed by atoms with van der Waals surface area (Å²) in [7, 11) is -1.65. The standard InChI is InChI=1S/C25H30N4O5S/c1-28(25(31)17-34-24-7-3-6-22-21(24)5-4-13-26-22)23(16-29-14-12-20(30)15-29)18-8-10-19(11-9-18)27-35(2,32)33/h3-11,13,20,23,27,30H,12,14-17H2,1-2H3/t20-,23+/m0/s1. The first-order valence-corrected chi connectivity index (χ1v) is 13.3. The van der Waals surface area contributed by atoms with Crippen LogP contribution in [0.2, 0.25) is 0 Å². The molecule has 2 heterocycles. The number of anilines is 1. The van der Waals surface area contributed by atoms with Crippen LogP contribution < -0.4 is 9.46 Å². The SMILES string of the molecule is CN(C(=O)COc1cccc2ncccc12)[C@H](CN1CC[C@H](O)C1)c1ccc(NS(C)(=O)=O)cc1. The van der Waals surface area contributed by atoms with E-state index in [1.807, 2.05) is 42.5 Å². The maximum Gasteiger partial charge on any atom is 0.260 e. The Morgan fingerprint density at radius 1 is 1.23 bits per heavy atom. The van der Waals surface area contributed by atoms with Gasteiger partial charge in [-0.25, -0.2) is 8.42 Å². The fourth-order valence-electron chi connectivity index (χ4n) is 4.28. The second kappa shape index (κ2) is 10.6. The minimum atomic E-state index is -3.39. The number of sulfonamides is 1. The molecule has 0 aliphatic carbocycles. The summed E-state index contributed by atoms with van der Waals surface area (Å²) in [5, 5.41) is 10.8. The number of nitrogens with one attached hydrogen (secondary N) is 1. The molecule has 2 aromatic carbocycles. The molecule has 3 aromatic rings. The first kappa shape index (κ1) is 24.9. The molecule has 1 saturated heterocycles. The molecule has 35 heavy (non-hydrogen) atoms. The van der Waals surface area contributed by atoms with Gasteiger partial charge in [-0.1, -0.05) is 18.2 Å². The molecule has 2 atom stereocenters. The zero-order valence-corrected chi connectivity index (χ0v) is 20.6. The number of rotatable bonds is 9. The highest BCUT2D eigenvalue weighted by atomic mass is 32.2. The number of β-amino-alcohol motifs (C(OH)–C–C–N with tert-alkyl or cyclic N) is 1. The van der Waals surface area contributed by atoms with Gasteiger partial charge in [-0.15, -0.1) is 0 Å². The van der Waals surface area contributed by atoms with Crippen molar-refractivity contribution in [3.05, 3.63) is 66.4 Å². The molecule has 0 bridgehead atoms. The van der Waals surface area contributed by atoms with E-state index in [-0.39, 0.29) is 24.7 Å². The van der Waals surface area contributed by atoms with Gasteiger partial charge in [-0.3, -0.25) is 19.4 Å². The third kappa shape index (κ3) is 6.47. The maximum atomic E-state index is 13.2. The highest BCUT2D eigenvalue weighted by Gasteiger charge is 2.28. The number of likely N-dealkylation sites (tertiary alicyclic amines) is 1. The molecular formula is C25H30N4O5S. The van der Waals surface area contributed by atoms with E-state index in [4.69, 9.17) is 4.74 Å². The number of fused-ring (bicyclic) bond motifs is 1. The van der Waals surface area contributed by atoms with E-state index >= 15 is 0 Å². The van der Waals surface area contributed by atoms with Crippen LogP contribution in [0, 0.1) is 0 Å². The van der Waals surface area contributed by atoms with E-state index in [1.165, 1.54) is 0 Å². The van der Waals surface area contributed by atoms with Gasteiger partial charge in [-0.05, 0) is 48.4 Å². The van der Waals surface area contributed by atoms with E-state index in [2.05, 4.69) is 14.6 Å². The van der Waals surface area contributed by atoms with Crippen molar-refractivity contribution in [2.75, 3.05) is 44.3 Å². The Balaban J connectivity index is 1.51. The van der Waals surface area contributed by atoms with Crippen LogP contribution in [0.4, 0.5) is 5.69 Å². The molecule has 1 aromatic heterocycles. The van der Waals surface area contributed by atoms with Gasteiger partial charge in [0, 0.05) is 44.0 Å². The van der Waals surface area contributed by atoms with Gasteiger partial charge in [0.2, 0.25) is 10.0 Å². The summed E-state index contributed by atoms with van der Waals surface area (Å²) < 4.78 is 31.4. The molecule has 0 unspecified atom stereocenters. The second-order valence-electron chi connectivity index (χ2n) is 8.83. The lowest BCUT2D eigenvalue weighted by atomic mass is 10.0. The summed E-state index contributed by atoms with van der Waals surface area (Å²) in [4.78, 5) is 21.3. The lowest BCUT2D eigenvalue weighted by Crippen LogP contribution is -2.40.